The summed E-state index contributed by atoms with van der Waals surface area (Å²) in [4.78, 5) is 24.7. The second-order valence-electron chi connectivity index (χ2n) is 6.34. The third kappa shape index (κ3) is 2.30. The van der Waals surface area contributed by atoms with Crippen LogP contribution in [0.25, 0.3) is 0 Å². The fourth-order valence-electron chi connectivity index (χ4n) is 3.64. The summed E-state index contributed by atoms with van der Waals surface area (Å²) in [6.45, 7) is 4.72. The van der Waals surface area contributed by atoms with E-state index in [9.17, 15) is 9.59 Å². The minimum atomic E-state index is -0.501. The number of nitrogens with one attached hydrogen (secondary N) is 2. The van der Waals surface area contributed by atoms with Crippen LogP contribution in [0, 0.1) is 5.41 Å². The van der Waals surface area contributed by atoms with Crippen molar-refractivity contribution in [2.24, 2.45) is 5.41 Å². The van der Waals surface area contributed by atoms with Gasteiger partial charge in [-0.15, -0.1) is 0 Å². The highest BCUT2D eigenvalue weighted by molar-refractivity contribution is 5.97. The molecule has 0 saturated carbocycles. The predicted molar refractivity (Wildman–Crippen MR) is 80.4 cm³/mol. The summed E-state index contributed by atoms with van der Waals surface area (Å²) in [6.07, 6.45) is 5.49. The average Bonchev–Trinajstić information content (AvgIpc) is 3.10. The molecule has 2 N–H and O–H groups in total. The van der Waals surface area contributed by atoms with E-state index in [0.717, 1.165) is 49.8 Å². The Balaban J connectivity index is 1.81. The van der Waals surface area contributed by atoms with Gasteiger partial charge in [-0.2, -0.15) is 0 Å². The van der Waals surface area contributed by atoms with Crippen LogP contribution >= 0.6 is 0 Å². The Morgan fingerprint density at radius 1 is 1.36 bits per heavy atom. The second kappa shape index (κ2) is 5.74. The van der Waals surface area contributed by atoms with Crippen molar-refractivity contribution in [3.63, 3.8) is 0 Å². The first-order chi connectivity index (χ1) is 10.6. The van der Waals surface area contributed by atoms with Crippen LogP contribution < -0.4 is 10.6 Å². The van der Waals surface area contributed by atoms with E-state index in [4.69, 9.17) is 4.52 Å². The largest absolute Gasteiger partial charge is 0.354 e. The van der Waals surface area contributed by atoms with Gasteiger partial charge in [0.2, 0.25) is 11.7 Å². The van der Waals surface area contributed by atoms with Gasteiger partial charge in [0.05, 0.1) is 5.69 Å². The van der Waals surface area contributed by atoms with Gasteiger partial charge in [0.1, 0.15) is 6.04 Å². The fourth-order valence-corrected chi connectivity index (χ4v) is 3.64. The Hall–Kier alpha value is -1.85. The SMILES string of the molecule is CCC1(CC)CNC(=O)C1NC(=O)c1onc2c1CCCC2. The molecule has 0 bridgehead atoms. The van der Waals surface area contributed by atoms with Crippen LogP contribution in [-0.4, -0.2) is 29.6 Å². The number of nitrogens with zero attached hydrogens (tertiary/aromatic N) is 1. The molecule has 1 atom stereocenters. The van der Waals surface area contributed by atoms with Crippen LogP contribution in [-0.2, 0) is 17.6 Å². The number of amides is 2. The van der Waals surface area contributed by atoms with Gasteiger partial charge in [0.25, 0.3) is 5.91 Å². The highest BCUT2D eigenvalue weighted by atomic mass is 16.5. The molecule has 1 aromatic heterocycles. The number of aryl methyl sites for hydroxylation is 1. The van der Waals surface area contributed by atoms with Crippen molar-refractivity contribution in [1.29, 1.82) is 0 Å². The summed E-state index contributed by atoms with van der Waals surface area (Å²) in [5.41, 5.74) is 1.59. The van der Waals surface area contributed by atoms with Gasteiger partial charge in [0.15, 0.2) is 0 Å². The number of hydrogen-bond acceptors (Lipinski definition) is 4. The molecule has 3 rings (SSSR count). The van der Waals surface area contributed by atoms with Crippen LogP contribution in [0.4, 0.5) is 0 Å². The van der Waals surface area contributed by atoms with Gasteiger partial charge < -0.3 is 15.2 Å². The minimum absolute atomic E-state index is 0.106. The number of rotatable bonds is 4. The number of hydrogen-bond donors (Lipinski definition) is 2. The van der Waals surface area contributed by atoms with Crippen molar-refractivity contribution < 1.29 is 14.1 Å². The van der Waals surface area contributed by atoms with Gasteiger partial charge in [-0.3, -0.25) is 9.59 Å². The maximum absolute atomic E-state index is 12.6. The maximum Gasteiger partial charge on any atom is 0.290 e. The van der Waals surface area contributed by atoms with Crippen molar-refractivity contribution in [2.45, 2.75) is 58.4 Å². The molecule has 1 saturated heterocycles. The molecule has 1 fully saturated rings. The average molecular weight is 305 g/mol. The summed E-state index contributed by atoms with van der Waals surface area (Å²) >= 11 is 0. The molecular weight excluding hydrogens is 282 g/mol. The predicted octanol–water partition coefficient (Wildman–Crippen LogP) is 1.59. The van der Waals surface area contributed by atoms with Crippen molar-refractivity contribution in [3.05, 3.63) is 17.0 Å². The van der Waals surface area contributed by atoms with E-state index in [2.05, 4.69) is 29.6 Å². The molecule has 2 aliphatic rings. The summed E-state index contributed by atoms with van der Waals surface area (Å²) < 4.78 is 5.27. The van der Waals surface area contributed by atoms with E-state index in [-0.39, 0.29) is 23.0 Å². The van der Waals surface area contributed by atoms with Crippen LogP contribution in [0.2, 0.25) is 0 Å². The smallest absolute Gasteiger partial charge is 0.290 e. The maximum atomic E-state index is 12.6. The quantitative estimate of drug-likeness (QED) is 0.884. The standard InChI is InChI=1S/C16H23N3O3/c1-3-16(4-2)9-17-15(21)13(16)18-14(20)12-10-7-5-6-8-11(10)19-22-12/h13H,3-9H2,1-2H3,(H,17,21)(H,18,20). The normalized spacial score (nSPS) is 23.0. The zero-order valence-electron chi connectivity index (χ0n) is 13.2. The summed E-state index contributed by atoms with van der Waals surface area (Å²) in [5.74, 6) is -0.134. The topological polar surface area (TPSA) is 84.2 Å². The van der Waals surface area contributed by atoms with Gasteiger partial charge >= 0.3 is 0 Å². The molecule has 2 amide bonds. The third-order valence-electron chi connectivity index (χ3n) is 5.34. The minimum Gasteiger partial charge on any atom is -0.354 e. The fraction of sp³-hybridized carbons (Fsp3) is 0.688. The van der Waals surface area contributed by atoms with Crippen molar-refractivity contribution >= 4 is 11.8 Å². The first-order valence-corrected chi connectivity index (χ1v) is 8.17. The summed E-state index contributed by atoms with van der Waals surface area (Å²) in [7, 11) is 0. The molecular formula is C16H23N3O3. The lowest BCUT2D eigenvalue weighted by molar-refractivity contribution is -0.121. The molecule has 0 aromatic carbocycles. The van der Waals surface area contributed by atoms with Crippen molar-refractivity contribution in [3.8, 4) is 0 Å². The Kier molecular flexibility index (Phi) is 3.93. The van der Waals surface area contributed by atoms with Crippen molar-refractivity contribution in [1.82, 2.24) is 15.8 Å². The summed E-state index contributed by atoms with van der Waals surface area (Å²) in [5, 5.41) is 9.78. The zero-order chi connectivity index (χ0) is 15.7. The molecule has 6 nitrogen and oxygen atoms in total. The van der Waals surface area contributed by atoms with Crippen LogP contribution in [0.1, 0.15) is 61.3 Å². The molecule has 0 spiro atoms. The van der Waals surface area contributed by atoms with Crippen LogP contribution in [0.3, 0.4) is 0 Å². The van der Waals surface area contributed by atoms with E-state index >= 15 is 0 Å². The van der Waals surface area contributed by atoms with Gasteiger partial charge in [-0.1, -0.05) is 19.0 Å². The van der Waals surface area contributed by atoms with E-state index < -0.39 is 6.04 Å². The molecule has 22 heavy (non-hydrogen) atoms. The highest BCUT2D eigenvalue weighted by Crippen LogP contribution is 2.34. The number of aromatic nitrogens is 1. The Morgan fingerprint density at radius 2 is 2.09 bits per heavy atom. The van der Waals surface area contributed by atoms with Gasteiger partial charge in [-0.05, 0) is 38.5 Å². The monoisotopic (exact) mass is 305 g/mol. The lowest BCUT2D eigenvalue weighted by atomic mass is 9.77. The number of carbonyl (C=O) groups excluding carboxylic acids is 2. The Labute approximate surface area is 130 Å². The third-order valence-corrected chi connectivity index (χ3v) is 5.34. The zero-order valence-corrected chi connectivity index (χ0v) is 13.2. The van der Waals surface area contributed by atoms with E-state index in [1.807, 2.05) is 0 Å². The van der Waals surface area contributed by atoms with Crippen molar-refractivity contribution in [2.75, 3.05) is 6.54 Å². The first kappa shape index (κ1) is 15.1. The molecule has 6 heteroatoms. The van der Waals surface area contributed by atoms with Crippen LogP contribution in [0.5, 0.6) is 0 Å². The lowest BCUT2D eigenvalue weighted by Crippen LogP contribution is -2.49. The molecule has 1 aliphatic heterocycles. The molecule has 0 radical (unpaired) electrons. The second-order valence-corrected chi connectivity index (χ2v) is 6.34. The van der Waals surface area contributed by atoms with E-state index in [1.165, 1.54) is 0 Å². The number of fused-ring (bicyclic) bond motifs is 1. The van der Waals surface area contributed by atoms with E-state index in [0.29, 0.717) is 6.54 Å². The first-order valence-electron chi connectivity index (χ1n) is 8.17. The molecule has 1 unspecified atom stereocenters. The highest BCUT2D eigenvalue weighted by Gasteiger charge is 2.47. The molecule has 2 heterocycles. The Bertz CT molecular complexity index is 589. The molecule has 1 aromatic rings. The molecule has 120 valence electrons. The van der Waals surface area contributed by atoms with Gasteiger partial charge in [-0.25, -0.2) is 0 Å². The van der Waals surface area contributed by atoms with Gasteiger partial charge in [0, 0.05) is 17.5 Å². The Morgan fingerprint density at radius 3 is 2.82 bits per heavy atom. The van der Waals surface area contributed by atoms with E-state index in [1.54, 1.807) is 0 Å². The molecule has 1 aliphatic carbocycles. The van der Waals surface area contributed by atoms with Crippen LogP contribution in [0.15, 0.2) is 4.52 Å². The lowest BCUT2D eigenvalue weighted by Gasteiger charge is -2.31. The summed E-state index contributed by atoms with van der Waals surface area (Å²) in [6, 6.07) is -0.501. The number of carbonyl (C=O) groups is 2.